The van der Waals surface area contributed by atoms with Crippen LogP contribution >= 0.6 is 0 Å². The second-order valence-electron chi connectivity index (χ2n) is 1.85. The lowest BCUT2D eigenvalue weighted by Gasteiger charge is -2.05. The second-order valence-corrected chi connectivity index (χ2v) is 1.85. The van der Waals surface area contributed by atoms with Gasteiger partial charge in [0, 0.05) is 0 Å². The molecule has 0 fully saturated rings. The fourth-order valence-electron chi connectivity index (χ4n) is 0.441. The molecule has 0 heterocycles. The summed E-state index contributed by atoms with van der Waals surface area (Å²) in [5.41, 5.74) is 0. The zero-order chi connectivity index (χ0) is 7.98. The van der Waals surface area contributed by atoms with E-state index in [0.717, 1.165) is 0 Å². The minimum Gasteiger partial charge on any atom is -0.383 e. The molecule has 0 saturated carbocycles. The smallest absolute Gasteiger partial charge is 0.249 e. The Hall–Kier alpha value is -1.01. The molecule has 0 aromatic rings. The fraction of sp³-hybridized carbons (Fsp3) is 0.571. The average Bonchev–Trinajstić information content (AvgIpc) is 1.98. The van der Waals surface area contributed by atoms with Crippen LogP contribution in [0.2, 0.25) is 0 Å². The summed E-state index contributed by atoms with van der Waals surface area (Å²) in [6, 6.07) is 0. The van der Waals surface area contributed by atoms with E-state index in [1.807, 2.05) is 0 Å². The topological polar surface area (TPSA) is 49.3 Å². The van der Waals surface area contributed by atoms with E-state index in [1.165, 1.54) is 0 Å². The first-order valence-electron chi connectivity index (χ1n) is 3.11. The second kappa shape index (κ2) is 4.83. The fourth-order valence-corrected chi connectivity index (χ4v) is 0.441. The van der Waals surface area contributed by atoms with Crippen molar-refractivity contribution in [2.45, 2.75) is 19.4 Å². The molecule has 0 aliphatic heterocycles. The summed E-state index contributed by atoms with van der Waals surface area (Å²) in [5, 5.41) is 11.2. The Balaban J connectivity index is 3.54. The molecule has 10 heavy (non-hydrogen) atoms. The summed E-state index contributed by atoms with van der Waals surface area (Å²) in [4.78, 5) is 10.7. The van der Waals surface area contributed by atoms with Crippen molar-refractivity contribution in [3.05, 3.63) is 0 Å². The normalized spacial score (nSPS) is 11.7. The number of aliphatic hydroxyl groups is 1. The van der Waals surface area contributed by atoms with Crippen LogP contribution in [0.25, 0.3) is 0 Å². The molecule has 0 radical (unpaired) electrons. The number of amides is 1. The van der Waals surface area contributed by atoms with Crippen molar-refractivity contribution in [3.8, 4) is 12.3 Å². The largest absolute Gasteiger partial charge is 0.383 e. The Morgan fingerprint density at radius 1 is 1.90 bits per heavy atom. The highest BCUT2D eigenvalue weighted by Crippen LogP contribution is 1.87. The van der Waals surface area contributed by atoms with E-state index < -0.39 is 12.0 Å². The Kier molecular flexibility index (Phi) is 4.34. The number of aliphatic hydroxyl groups excluding tert-OH is 1. The van der Waals surface area contributed by atoms with Gasteiger partial charge in [0.25, 0.3) is 0 Å². The SMILES string of the molecule is C#CCNC(=O)C(O)CC. The molecule has 3 nitrogen and oxygen atoms in total. The molecular weight excluding hydrogens is 130 g/mol. The van der Waals surface area contributed by atoms with Crippen LogP contribution in [0.4, 0.5) is 0 Å². The van der Waals surface area contributed by atoms with Crippen molar-refractivity contribution < 1.29 is 9.90 Å². The van der Waals surface area contributed by atoms with Gasteiger partial charge in [-0.1, -0.05) is 12.8 Å². The third-order valence-corrected chi connectivity index (χ3v) is 1.05. The molecule has 56 valence electrons. The predicted molar refractivity (Wildman–Crippen MR) is 38.1 cm³/mol. The predicted octanol–water partition coefficient (Wildman–Crippen LogP) is -0.493. The van der Waals surface area contributed by atoms with Crippen LogP contribution in [0.3, 0.4) is 0 Å². The highest BCUT2D eigenvalue weighted by Gasteiger charge is 2.09. The number of nitrogens with one attached hydrogen (secondary N) is 1. The molecule has 3 heteroatoms. The molecule has 0 spiro atoms. The van der Waals surface area contributed by atoms with Crippen LogP contribution in [0.5, 0.6) is 0 Å². The summed E-state index contributed by atoms with van der Waals surface area (Å²) in [6.45, 7) is 1.90. The van der Waals surface area contributed by atoms with Crippen LogP contribution in [0.15, 0.2) is 0 Å². The van der Waals surface area contributed by atoms with Crippen molar-refractivity contribution in [3.63, 3.8) is 0 Å². The van der Waals surface area contributed by atoms with Crippen molar-refractivity contribution in [2.24, 2.45) is 0 Å². The molecule has 0 bridgehead atoms. The lowest BCUT2D eigenvalue weighted by Crippen LogP contribution is -2.34. The molecule has 0 aliphatic carbocycles. The lowest BCUT2D eigenvalue weighted by atomic mass is 10.2. The average molecular weight is 141 g/mol. The van der Waals surface area contributed by atoms with Crippen molar-refractivity contribution in [1.29, 1.82) is 0 Å². The number of hydrogen-bond donors (Lipinski definition) is 2. The van der Waals surface area contributed by atoms with E-state index in [9.17, 15) is 4.79 Å². The molecule has 0 rings (SSSR count). The number of carbonyl (C=O) groups is 1. The molecule has 2 N–H and O–H groups in total. The van der Waals surface area contributed by atoms with Crippen molar-refractivity contribution in [2.75, 3.05) is 6.54 Å². The van der Waals surface area contributed by atoms with E-state index in [4.69, 9.17) is 11.5 Å². The van der Waals surface area contributed by atoms with Gasteiger partial charge >= 0.3 is 0 Å². The van der Waals surface area contributed by atoms with Crippen molar-refractivity contribution >= 4 is 5.91 Å². The van der Waals surface area contributed by atoms with Gasteiger partial charge in [-0.05, 0) is 6.42 Å². The zero-order valence-corrected chi connectivity index (χ0v) is 5.92. The lowest BCUT2D eigenvalue weighted by molar-refractivity contribution is -0.129. The number of hydrogen-bond acceptors (Lipinski definition) is 2. The molecular formula is C7H11NO2. The maximum Gasteiger partial charge on any atom is 0.249 e. The maximum atomic E-state index is 10.7. The van der Waals surface area contributed by atoms with Gasteiger partial charge in [0.2, 0.25) is 5.91 Å². The third-order valence-electron chi connectivity index (χ3n) is 1.05. The number of carbonyl (C=O) groups excluding carboxylic acids is 1. The zero-order valence-electron chi connectivity index (χ0n) is 5.92. The first kappa shape index (κ1) is 8.99. The Morgan fingerprint density at radius 2 is 2.50 bits per heavy atom. The van der Waals surface area contributed by atoms with Crippen LogP contribution in [0, 0.1) is 12.3 Å². The van der Waals surface area contributed by atoms with Crippen LogP contribution in [0.1, 0.15) is 13.3 Å². The van der Waals surface area contributed by atoms with Crippen LogP contribution < -0.4 is 5.32 Å². The summed E-state index contributed by atoms with van der Waals surface area (Å²) in [7, 11) is 0. The quantitative estimate of drug-likeness (QED) is 0.521. The molecule has 1 unspecified atom stereocenters. The van der Waals surface area contributed by atoms with Crippen LogP contribution in [-0.2, 0) is 4.79 Å². The van der Waals surface area contributed by atoms with Gasteiger partial charge in [-0.2, -0.15) is 0 Å². The molecule has 1 atom stereocenters. The number of terminal acetylenes is 1. The Labute approximate surface area is 60.4 Å². The first-order chi connectivity index (χ1) is 4.72. The van der Waals surface area contributed by atoms with E-state index in [2.05, 4.69) is 11.2 Å². The molecule has 1 amide bonds. The van der Waals surface area contributed by atoms with E-state index >= 15 is 0 Å². The summed E-state index contributed by atoms with van der Waals surface area (Å²) in [6.07, 6.45) is 4.36. The van der Waals surface area contributed by atoms with Gasteiger partial charge in [0.1, 0.15) is 6.10 Å². The third kappa shape index (κ3) is 3.10. The Bertz CT molecular complexity index is 148. The highest BCUT2D eigenvalue weighted by atomic mass is 16.3. The van der Waals surface area contributed by atoms with Crippen molar-refractivity contribution in [1.82, 2.24) is 5.32 Å². The van der Waals surface area contributed by atoms with E-state index in [-0.39, 0.29) is 6.54 Å². The maximum absolute atomic E-state index is 10.7. The molecule has 0 aliphatic rings. The van der Waals surface area contributed by atoms with E-state index in [1.54, 1.807) is 6.92 Å². The molecule has 0 saturated heterocycles. The summed E-state index contributed by atoms with van der Waals surface area (Å²) >= 11 is 0. The number of rotatable bonds is 3. The monoisotopic (exact) mass is 141 g/mol. The molecule has 0 aromatic carbocycles. The molecule has 0 aromatic heterocycles. The van der Waals surface area contributed by atoms with Gasteiger partial charge in [0.05, 0.1) is 6.54 Å². The summed E-state index contributed by atoms with van der Waals surface area (Å²) < 4.78 is 0. The standard InChI is InChI=1S/C7H11NO2/c1-3-5-8-7(10)6(9)4-2/h1,6,9H,4-5H2,2H3,(H,8,10). The van der Waals surface area contributed by atoms with E-state index in [0.29, 0.717) is 6.42 Å². The highest BCUT2D eigenvalue weighted by molar-refractivity contribution is 5.80. The van der Waals surface area contributed by atoms with Crippen LogP contribution in [-0.4, -0.2) is 23.7 Å². The summed E-state index contributed by atoms with van der Waals surface area (Å²) in [5.74, 6) is 1.83. The van der Waals surface area contributed by atoms with Gasteiger partial charge in [-0.3, -0.25) is 4.79 Å². The minimum atomic E-state index is -0.923. The first-order valence-corrected chi connectivity index (χ1v) is 3.11. The minimum absolute atomic E-state index is 0.176. The van der Waals surface area contributed by atoms with Gasteiger partial charge < -0.3 is 10.4 Å². The Morgan fingerprint density at radius 3 is 2.90 bits per heavy atom. The van der Waals surface area contributed by atoms with Gasteiger partial charge in [-0.25, -0.2) is 0 Å². The van der Waals surface area contributed by atoms with Gasteiger partial charge in [-0.15, -0.1) is 6.42 Å². The van der Waals surface area contributed by atoms with Gasteiger partial charge in [0.15, 0.2) is 0 Å².